The molecule has 8 aromatic rings. The van der Waals surface area contributed by atoms with E-state index in [4.69, 9.17) is 15.0 Å². The number of anilines is 3. The molecule has 0 aliphatic carbocycles. The van der Waals surface area contributed by atoms with E-state index in [1.807, 2.05) is 60.7 Å². The molecule has 0 bridgehead atoms. The van der Waals surface area contributed by atoms with E-state index in [0.717, 1.165) is 55.9 Å². The summed E-state index contributed by atoms with van der Waals surface area (Å²) in [4.78, 5) is 17.7. The highest BCUT2D eigenvalue weighted by atomic mass is 15.3. The summed E-state index contributed by atoms with van der Waals surface area (Å²) in [6, 6.07) is 63.5. The number of benzene rings is 7. The first-order chi connectivity index (χ1) is 24.3. The average Bonchev–Trinajstić information content (AvgIpc) is 3.31. The molecule has 9 rings (SSSR count). The predicted octanol–water partition coefficient (Wildman–Crippen LogP) is 11.7. The van der Waals surface area contributed by atoms with Gasteiger partial charge in [-0.1, -0.05) is 158 Å². The van der Waals surface area contributed by atoms with E-state index < -0.39 is 0 Å². The summed E-state index contributed by atoms with van der Waals surface area (Å²) < 4.78 is 0. The van der Waals surface area contributed by atoms with Gasteiger partial charge in [-0.3, -0.25) is 4.90 Å². The zero-order chi connectivity index (χ0) is 32.6. The normalized spacial score (nSPS) is 11.6. The van der Waals surface area contributed by atoms with E-state index in [2.05, 4.69) is 126 Å². The van der Waals surface area contributed by atoms with Crippen LogP contribution in [-0.2, 0) is 0 Å². The zero-order valence-corrected chi connectivity index (χ0v) is 26.6. The Hall–Kier alpha value is -6.65. The van der Waals surface area contributed by atoms with Gasteiger partial charge in [-0.15, -0.1) is 0 Å². The molecule has 0 fully saturated rings. The monoisotopic (exact) mass is 626 g/mol. The summed E-state index contributed by atoms with van der Waals surface area (Å²) in [5.41, 5.74) is 13.0. The van der Waals surface area contributed by atoms with Crippen molar-refractivity contribution in [3.8, 4) is 67.3 Å². The van der Waals surface area contributed by atoms with Crippen molar-refractivity contribution in [1.29, 1.82) is 0 Å². The standard InChI is InChI=1S/C45H30N4/c1-5-15-31(16-6-1)35-25-27-41-39(29-35)37-23-13-14-24-38(37)40-30-36(32-17-7-2-8-18-32)26-28-42(40)49(41)45-47-43(33-19-9-3-10-20-33)46-44(48-45)34-21-11-4-12-22-34/h1-30H. The molecule has 7 aromatic carbocycles. The van der Waals surface area contributed by atoms with Crippen molar-refractivity contribution in [2.75, 3.05) is 4.90 Å². The third-order valence-corrected chi connectivity index (χ3v) is 9.08. The van der Waals surface area contributed by atoms with Gasteiger partial charge in [-0.25, -0.2) is 4.98 Å². The maximum Gasteiger partial charge on any atom is 0.238 e. The SMILES string of the molecule is c1ccc(-c2ccc3c(c2)-c2ccccc2-c2cc(-c4ccccc4)ccc2N3c2nc(-c3ccccc3)nc(-c3ccccc3)n2)cc1. The lowest BCUT2D eigenvalue weighted by Gasteiger charge is -2.26. The van der Waals surface area contributed by atoms with Crippen molar-refractivity contribution < 1.29 is 0 Å². The molecule has 1 aromatic heterocycles. The third-order valence-electron chi connectivity index (χ3n) is 9.08. The van der Waals surface area contributed by atoms with Crippen LogP contribution in [0.4, 0.5) is 17.3 Å². The molecule has 0 saturated carbocycles. The molecular weight excluding hydrogens is 597 g/mol. The van der Waals surface area contributed by atoms with Gasteiger partial charge in [0.1, 0.15) is 0 Å². The minimum absolute atomic E-state index is 0.558. The Bertz CT molecular complexity index is 2260. The number of nitrogens with zero attached hydrogens (tertiary/aromatic N) is 4. The lowest BCUT2D eigenvalue weighted by molar-refractivity contribution is 1.02. The summed E-state index contributed by atoms with van der Waals surface area (Å²) in [5, 5.41) is 0. The van der Waals surface area contributed by atoms with Crippen molar-refractivity contribution in [1.82, 2.24) is 15.0 Å². The highest BCUT2D eigenvalue weighted by Gasteiger charge is 2.29. The van der Waals surface area contributed by atoms with E-state index in [1.165, 1.54) is 11.1 Å². The number of rotatable bonds is 5. The van der Waals surface area contributed by atoms with Gasteiger partial charge < -0.3 is 0 Å². The van der Waals surface area contributed by atoms with Crippen LogP contribution < -0.4 is 4.90 Å². The molecule has 1 aliphatic rings. The smallest absolute Gasteiger partial charge is 0.238 e. The molecule has 0 amide bonds. The molecule has 1 aliphatic heterocycles. The Morgan fingerprint density at radius 3 is 1.06 bits per heavy atom. The average molecular weight is 627 g/mol. The minimum atomic E-state index is 0.558. The second-order valence-electron chi connectivity index (χ2n) is 12.1. The largest absolute Gasteiger partial charge is 0.278 e. The Morgan fingerprint density at radius 1 is 0.286 bits per heavy atom. The highest BCUT2D eigenvalue weighted by molar-refractivity contribution is 6.03. The zero-order valence-electron chi connectivity index (χ0n) is 26.6. The molecule has 0 atom stereocenters. The molecular formula is C45H30N4. The van der Waals surface area contributed by atoms with Gasteiger partial charge in [0.25, 0.3) is 0 Å². The highest BCUT2D eigenvalue weighted by Crippen LogP contribution is 2.51. The summed E-state index contributed by atoms with van der Waals surface area (Å²) >= 11 is 0. The van der Waals surface area contributed by atoms with E-state index in [0.29, 0.717) is 17.6 Å². The second-order valence-corrected chi connectivity index (χ2v) is 12.1. The first-order valence-electron chi connectivity index (χ1n) is 16.5. The van der Waals surface area contributed by atoms with Crippen LogP contribution in [0.5, 0.6) is 0 Å². The van der Waals surface area contributed by atoms with E-state index in [-0.39, 0.29) is 0 Å². The lowest BCUT2D eigenvalue weighted by atomic mass is 9.91. The summed E-state index contributed by atoms with van der Waals surface area (Å²) in [6.07, 6.45) is 0. The van der Waals surface area contributed by atoms with Gasteiger partial charge in [0.05, 0.1) is 11.4 Å². The number of hydrogen-bond donors (Lipinski definition) is 0. The van der Waals surface area contributed by atoms with Crippen LogP contribution in [0.15, 0.2) is 182 Å². The van der Waals surface area contributed by atoms with Crippen LogP contribution in [0.1, 0.15) is 0 Å². The van der Waals surface area contributed by atoms with Crippen molar-refractivity contribution in [2.45, 2.75) is 0 Å². The van der Waals surface area contributed by atoms with Crippen molar-refractivity contribution in [2.24, 2.45) is 0 Å². The number of fused-ring (bicyclic) bond motifs is 5. The van der Waals surface area contributed by atoms with Crippen LogP contribution in [0.2, 0.25) is 0 Å². The molecule has 4 nitrogen and oxygen atoms in total. The maximum absolute atomic E-state index is 5.22. The summed E-state index contributed by atoms with van der Waals surface area (Å²) in [6.45, 7) is 0. The Morgan fingerprint density at radius 2 is 0.653 bits per heavy atom. The second kappa shape index (κ2) is 12.2. The van der Waals surface area contributed by atoms with Crippen LogP contribution in [0.3, 0.4) is 0 Å². The quantitative estimate of drug-likeness (QED) is 0.191. The first kappa shape index (κ1) is 28.6. The van der Waals surface area contributed by atoms with E-state index in [9.17, 15) is 0 Å². The fourth-order valence-electron chi connectivity index (χ4n) is 6.71. The molecule has 49 heavy (non-hydrogen) atoms. The summed E-state index contributed by atoms with van der Waals surface area (Å²) in [7, 11) is 0. The van der Waals surface area contributed by atoms with Gasteiger partial charge in [0.2, 0.25) is 5.95 Å². The van der Waals surface area contributed by atoms with Crippen molar-refractivity contribution >= 4 is 17.3 Å². The number of hydrogen-bond acceptors (Lipinski definition) is 4. The van der Waals surface area contributed by atoms with Gasteiger partial charge >= 0.3 is 0 Å². The molecule has 230 valence electrons. The molecule has 4 heteroatoms. The fraction of sp³-hybridized carbons (Fsp3) is 0. The molecule has 0 saturated heterocycles. The topological polar surface area (TPSA) is 41.9 Å². The van der Waals surface area contributed by atoms with Crippen molar-refractivity contribution in [3.05, 3.63) is 182 Å². The van der Waals surface area contributed by atoms with Crippen LogP contribution in [0, 0.1) is 0 Å². The maximum atomic E-state index is 5.22. The van der Waals surface area contributed by atoms with Crippen molar-refractivity contribution in [3.63, 3.8) is 0 Å². The van der Waals surface area contributed by atoms with Crippen LogP contribution in [-0.4, -0.2) is 15.0 Å². The Balaban J connectivity index is 1.35. The van der Waals surface area contributed by atoms with Gasteiger partial charge in [0.15, 0.2) is 11.6 Å². The third kappa shape index (κ3) is 5.26. The minimum Gasteiger partial charge on any atom is -0.278 e. The number of aromatic nitrogens is 3. The van der Waals surface area contributed by atoms with E-state index in [1.54, 1.807) is 0 Å². The molecule has 0 radical (unpaired) electrons. The van der Waals surface area contributed by atoms with Gasteiger partial charge in [0, 0.05) is 22.3 Å². The molecule has 0 spiro atoms. The fourth-order valence-corrected chi connectivity index (χ4v) is 6.71. The lowest BCUT2D eigenvalue weighted by Crippen LogP contribution is -2.16. The molecule has 2 heterocycles. The molecule has 0 N–H and O–H groups in total. The van der Waals surface area contributed by atoms with Crippen LogP contribution >= 0.6 is 0 Å². The van der Waals surface area contributed by atoms with E-state index >= 15 is 0 Å². The van der Waals surface area contributed by atoms with Gasteiger partial charge in [-0.2, -0.15) is 9.97 Å². The summed E-state index contributed by atoms with van der Waals surface area (Å²) in [5.74, 6) is 1.80. The Kier molecular flexibility index (Phi) is 7.10. The van der Waals surface area contributed by atoms with Crippen LogP contribution in [0.25, 0.3) is 67.3 Å². The van der Waals surface area contributed by atoms with Gasteiger partial charge in [-0.05, 0) is 57.6 Å². The Labute approximate surface area is 285 Å². The predicted molar refractivity (Wildman–Crippen MR) is 201 cm³/mol. The molecule has 0 unspecified atom stereocenters. The first-order valence-corrected chi connectivity index (χ1v) is 16.5.